The van der Waals surface area contributed by atoms with Gasteiger partial charge in [-0.05, 0) is 94.0 Å². The molecule has 0 radical (unpaired) electrons. The predicted octanol–water partition coefficient (Wildman–Crippen LogP) is 3.43. The number of ether oxygens (including phenoxy) is 2. The monoisotopic (exact) mass is 827 g/mol. The standard InChI is InChI=1S/C47H65N5O8/c1-7-44(57)24-30-25-46(43(56)60-6,40-33(16-20-51(27-30)28-44)32-14-9-10-15-35(32)49-40)34-21-31-13-11-18-52-19-12-17-45(8-2)38(52)23-39(50(4)36(31)22-37(34)59-5)47(58,41(45)54)42(55)48-26-29(3)53/h9-10,12,14-15,17,21-22,29-30,38-39,41,49,53-54,57-58H,7-8,11,13,16,18-20,23-28H2,1-6H3,(H,48,55)/t29-,30+,38?,39?,41+,44?,45+,46-,47-/m0/s1. The van der Waals surface area contributed by atoms with Gasteiger partial charge in [0, 0.05) is 85.1 Å². The van der Waals surface area contributed by atoms with Crippen LogP contribution in [0.1, 0.15) is 81.7 Å². The Balaban J connectivity index is 1.35. The Morgan fingerprint density at radius 3 is 2.55 bits per heavy atom. The van der Waals surface area contributed by atoms with Crippen LogP contribution in [0.2, 0.25) is 0 Å². The van der Waals surface area contributed by atoms with Gasteiger partial charge in [0.15, 0.2) is 5.60 Å². The fourth-order valence-electron chi connectivity index (χ4n) is 12.2. The molecule has 5 heterocycles. The maximum atomic E-state index is 15.1. The topological polar surface area (TPSA) is 171 Å². The first kappa shape index (κ1) is 42.7. The van der Waals surface area contributed by atoms with Crippen LogP contribution in [0.25, 0.3) is 10.9 Å². The number of carbonyl (C=O) groups excluding carboxylic acids is 2. The molecule has 6 N–H and O–H groups in total. The average Bonchev–Trinajstić information content (AvgIpc) is 3.64. The fraction of sp³-hybridized carbons (Fsp3) is 0.617. The number of para-hydroxylation sites is 1. The van der Waals surface area contributed by atoms with E-state index in [1.807, 2.05) is 62.2 Å². The van der Waals surface area contributed by atoms with E-state index >= 15 is 4.79 Å². The number of H-pyrrole nitrogens is 1. The van der Waals surface area contributed by atoms with E-state index in [1.54, 1.807) is 14.0 Å². The van der Waals surface area contributed by atoms with Crippen LogP contribution in [0.3, 0.4) is 0 Å². The summed E-state index contributed by atoms with van der Waals surface area (Å²) in [6.45, 7) is 8.93. The maximum Gasteiger partial charge on any atom is 0.322 e. The first-order chi connectivity index (χ1) is 28.7. The molecular formula is C47H65N5O8. The zero-order chi connectivity index (χ0) is 42.8. The number of benzene rings is 2. The molecule has 4 bridgehead atoms. The lowest BCUT2D eigenvalue weighted by Crippen LogP contribution is -2.77. The number of esters is 1. The van der Waals surface area contributed by atoms with Gasteiger partial charge in [-0.1, -0.05) is 44.2 Å². The quantitative estimate of drug-likeness (QED) is 0.145. The number of aryl methyl sites for hydroxylation is 1. The number of anilines is 1. The van der Waals surface area contributed by atoms with Crippen LogP contribution in [-0.4, -0.2) is 143 Å². The third-order valence-electron chi connectivity index (χ3n) is 15.3. The normalized spacial score (nSPS) is 34.6. The molecular weight excluding hydrogens is 763 g/mol. The molecule has 3 unspecified atom stereocenters. The summed E-state index contributed by atoms with van der Waals surface area (Å²) < 4.78 is 12.2. The number of rotatable bonds is 8. The Bertz CT molecular complexity index is 2140. The number of aromatic amines is 1. The van der Waals surface area contributed by atoms with Gasteiger partial charge in [0.05, 0.1) is 32.0 Å². The molecule has 1 aromatic heterocycles. The summed E-state index contributed by atoms with van der Waals surface area (Å²) in [5.74, 6) is -0.766. The zero-order valence-electron chi connectivity index (χ0n) is 36.2. The van der Waals surface area contributed by atoms with Crippen LogP contribution in [-0.2, 0) is 32.6 Å². The number of hydrogen-bond donors (Lipinski definition) is 6. The summed E-state index contributed by atoms with van der Waals surface area (Å²) in [6, 6.07) is 11.1. The van der Waals surface area contributed by atoms with Crippen LogP contribution < -0.4 is 15.0 Å². The fourth-order valence-corrected chi connectivity index (χ4v) is 12.2. The first-order valence-electron chi connectivity index (χ1n) is 22.1. The number of hydrogen-bond acceptors (Lipinski definition) is 11. The van der Waals surface area contributed by atoms with E-state index in [4.69, 9.17) is 9.47 Å². The molecule has 1 saturated heterocycles. The highest BCUT2D eigenvalue weighted by Crippen LogP contribution is 2.54. The van der Waals surface area contributed by atoms with E-state index in [-0.39, 0.29) is 18.5 Å². The molecule has 1 amide bonds. The molecule has 8 rings (SSSR count). The molecule has 1 aliphatic carbocycles. The SMILES string of the molecule is CCC1(O)C[C@H]2C[N@](CCc3c([nH]c4ccccc34)[C@@](C(=O)OC)(c3cc4c(cc3OC)N(C)C3CC5N(CC=C[C@@]5(CC)[C@@H](O)[C@]3(O)C(=O)NC[C@H](C)O)CCC4)C2)C1. The Morgan fingerprint density at radius 1 is 1.05 bits per heavy atom. The summed E-state index contributed by atoms with van der Waals surface area (Å²) in [4.78, 5) is 39.9. The van der Waals surface area contributed by atoms with Crippen LogP contribution in [0.5, 0.6) is 5.75 Å². The number of carbonyl (C=O) groups is 2. The molecule has 3 aromatic rings. The summed E-state index contributed by atoms with van der Waals surface area (Å²) >= 11 is 0. The molecule has 326 valence electrons. The van der Waals surface area contributed by atoms with E-state index in [0.717, 1.165) is 59.5 Å². The molecule has 4 aliphatic heterocycles. The van der Waals surface area contributed by atoms with Crippen LogP contribution in [0.4, 0.5) is 5.69 Å². The lowest BCUT2D eigenvalue weighted by Gasteiger charge is -2.61. The van der Waals surface area contributed by atoms with Crippen molar-refractivity contribution in [3.63, 3.8) is 0 Å². The predicted molar refractivity (Wildman–Crippen MR) is 230 cm³/mol. The highest BCUT2D eigenvalue weighted by atomic mass is 16.5. The van der Waals surface area contributed by atoms with E-state index in [9.17, 15) is 25.2 Å². The molecule has 60 heavy (non-hydrogen) atoms. The van der Waals surface area contributed by atoms with Crippen molar-refractivity contribution in [3.05, 3.63) is 70.9 Å². The third kappa shape index (κ3) is 6.66. The number of piperidine rings is 1. The first-order valence-corrected chi connectivity index (χ1v) is 22.1. The lowest BCUT2D eigenvalue weighted by molar-refractivity contribution is -0.195. The second kappa shape index (κ2) is 16.0. The Morgan fingerprint density at radius 2 is 1.83 bits per heavy atom. The van der Waals surface area contributed by atoms with Crippen LogP contribution in [0.15, 0.2) is 48.6 Å². The minimum absolute atomic E-state index is 0.0666. The molecule has 0 spiro atoms. The van der Waals surface area contributed by atoms with Gasteiger partial charge in [0.25, 0.3) is 5.91 Å². The number of aliphatic hydroxyl groups excluding tert-OH is 2. The zero-order valence-corrected chi connectivity index (χ0v) is 36.2. The highest BCUT2D eigenvalue weighted by Gasteiger charge is 2.66. The number of methoxy groups -OCH3 is 2. The number of aromatic nitrogens is 1. The van der Waals surface area contributed by atoms with Crippen molar-refractivity contribution in [1.29, 1.82) is 0 Å². The molecule has 10 atom stereocenters. The molecule has 5 aliphatic rings. The van der Waals surface area contributed by atoms with E-state index < -0.39 is 52.2 Å². The van der Waals surface area contributed by atoms with Gasteiger partial charge in [-0.3, -0.25) is 19.4 Å². The van der Waals surface area contributed by atoms with Crippen molar-refractivity contribution in [2.75, 3.05) is 65.4 Å². The maximum absolute atomic E-state index is 15.1. The number of nitrogens with one attached hydrogen (secondary N) is 2. The largest absolute Gasteiger partial charge is 0.496 e. The van der Waals surface area contributed by atoms with Gasteiger partial charge in [-0.2, -0.15) is 0 Å². The van der Waals surface area contributed by atoms with Gasteiger partial charge in [0.1, 0.15) is 17.3 Å². The molecule has 1 saturated carbocycles. The van der Waals surface area contributed by atoms with Crippen molar-refractivity contribution in [2.24, 2.45) is 11.3 Å². The number of fused-ring (bicyclic) bond motifs is 7. The number of amides is 1. The van der Waals surface area contributed by atoms with Crippen LogP contribution >= 0.6 is 0 Å². The van der Waals surface area contributed by atoms with E-state index in [2.05, 4.69) is 32.2 Å². The van der Waals surface area contributed by atoms with Gasteiger partial charge < -0.3 is 45.1 Å². The minimum Gasteiger partial charge on any atom is -0.496 e. The minimum atomic E-state index is -2.26. The van der Waals surface area contributed by atoms with Crippen molar-refractivity contribution in [1.82, 2.24) is 20.1 Å². The van der Waals surface area contributed by atoms with Gasteiger partial charge in [-0.25, -0.2) is 0 Å². The summed E-state index contributed by atoms with van der Waals surface area (Å²) in [6.07, 6.45) is 6.19. The number of aliphatic hydroxyl groups is 4. The van der Waals surface area contributed by atoms with Gasteiger partial charge in [0.2, 0.25) is 0 Å². The highest BCUT2D eigenvalue weighted by molar-refractivity contribution is 5.94. The van der Waals surface area contributed by atoms with Crippen molar-refractivity contribution >= 4 is 28.5 Å². The summed E-state index contributed by atoms with van der Waals surface area (Å²) in [5.41, 5.74) is -0.385. The molecule has 2 aromatic carbocycles. The second-order valence-electron chi connectivity index (χ2n) is 18.6. The van der Waals surface area contributed by atoms with Crippen molar-refractivity contribution in [2.45, 2.75) is 113 Å². The molecule has 13 nitrogen and oxygen atoms in total. The second-order valence-corrected chi connectivity index (χ2v) is 18.6. The number of likely N-dealkylation sites (N-methyl/N-ethyl adjacent to an activating group) is 1. The average molecular weight is 828 g/mol. The lowest BCUT2D eigenvalue weighted by atomic mass is 9.57. The summed E-state index contributed by atoms with van der Waals surface area (Å²) in [5, 5.41) is 51.2. The van der Waals surface area contributed by atoms with Crippen molar-refractivity contribution in [3.8, 4) is 5.75 Å². The van der Waals surface area contributed by atoms with E-state index in [1.165, 1.54) is 7.11 Å². The van der Waals surface area contributed by atoms with E-state index in [0.29, 0.717) is 69.3 Å². The number of nitrogens with zero attached hydrogens (tertiary/aromatic N) is 3. The van der Waals surface area contributed by atoms with Gasteiger partial charge >= 0.3 is 5.97 Å². The van der Waals surface area contributed by atoms with Gasteiger partial charge in [-0.15, -0.1) is 0 Å². The van der Waals surface area contributed by atoms with Crippen molar-refractivity contribution < 1.29 is 39.5 Å². The smallest absolute Gasteiger partial charge is 0.322 e. The summed E-state index contributed by atoms with van der Waals surface area (Å²) in [7, 11) is 4.90. The molecule has 2 fully saturated rings. The molecule has 13 heteroatoms. The Labute approximate surface area is 353 Å². The Hall–Kier alpha value is -3.98. The third-order valence-corrected chi connectivity index (χ3v) is 15.3. The Kier molecular flexibility index (Phi) is 11.4. The van der Waals surface area contributed by atoms with Crippen LogP contribution in [0, 0.1) is 11.3 Å².